The summed E-state index contributed by atoms with van der Waals surface area (Å²) in [6, 6.07) is 0. The van der Waals surface area contributed by atoms with Gasteiger partial charge in [0.15, 0.2) is 5.78 Å². The van der Waals surface area contributed by atoms with Gasteiger partial charge in [0, 0.05) is 11.8 Å². The Morgan fingerprint density at radius 1 is 0.864 bits per heavy atom. The van der Waals surface area contributed by atoms with Crippen LogP contribution < -0.4 is 4.90 Å². The Morgan fingerprint density at radius 2 is 1.55 bits per heavy atom. The van der Waals surface area contributed by atoms with E-state index in [1.54, 1.807) is 4.90 Å². The van der Waals surface area contributed by atoms with Crippen molar-refractivity contribution in [2.75, 3.05) is 19.6 Å². The van der Waals surface area contributed by atoms with Crippen molar-refractivity contribution in [1.29, 1.82) is 0 Å². The van der Waals surface area contributed by atoms with Gasteiger partial charge < -0.3 is 4.90 Å². The molecular weight excluding hydrogens is 270 g/mol. The first kappa shape index (κ1) is 16.5. The summed E-state index contributed by atoms with van der Waals surface area (Å²) in [5.74, 6) is 3.76. The highest BCUT2D eigenvalue weighted by Gasteiger charge is 2.33. The number of rotatable bonds is 4. The molecule has 1 saturated heterocycles. The molecule has 0 spiro atoms. The molecule has 22 heavy (non-hydrogen) atoms. The van der Waals surface area contributed by atoms with Gasteiger partial charge in [0.05, 0.1) is 13.1 Å². The van der Waals surface area contributed by atoms with Gasteiger partial charge in [-0.25, -0.2) is 0 Å². The summed E-state index contributed by atoms with van der Waals surface area (Å²) in [7, 11) is 0. The maximum Gasteiger partial charge on any atom is 0.189 e. The molecule has 0 aromatic carbocycles. The van der Waals surface area contributed by atoms with Crippen LogP contribution in [0.4, 0.5) is 0 Å². The third kappa shape index (κ3) is 4.34. The smallest absolute Gasteiger partial charge is 0.189 e. The van der Waals surface area contributed by atoms with Gasteiger partial charge in [-0.2, -0.15) is 0 Å². The zero-order valence-electron chi connectivity index (χ0n) is 14.6. The summed E-state index contributed by atoms with van der Waals surface area (Å²) in [5, 5.41) is 0. The highest BCUT2D eigenvalue weighted by molar-refractivity contribution is 5.81. The lowest BCUT2D eigenvalue weighted by Gasteiger charge is -2.36. The number of nitrogens with one attached hydrogen (secondary N) is 1. The molecule has 3 fully saturated rings. The molecule has 0 aromatic heterocycles. The van der Waals surface area contributed by atoms with Crippen molar-refractivity contribution in [3.8, 4) is 0 Å². The average molecular weight is 307 g/mol. The second kappa shape index (κ2) is 7.95. The zero-order chi connectivity index (χ0) is 15.4. The van der Waals surface area contributed by atoms with Crippen molar-refractivity contribution in [3.63, 3.8) is 0 Å². The SMILES string of the molecule is CC1CCC[NH+](CC(=O)C2CCC(C3CCCCC3)CC2)C1. The number of piperidine rings is 1. The predicted molar refractivity (Wildman–Crippen MR) is 91.0 cm³/mol. The second-order valence-corrected chi connectivity index (χ2v) is 8.60. The van der Waals surface area contributed by atoms with Crippen LogP contribution in [0.2, 0.25) is 0 Å². The van der Waals surface area contributed by atoms with Gasteiger partial charge in [0.25, 0.3) is 0 Å². The Bertz CT molecular complexity index is 353. The summed E-state index contributed by atoms with van der Waals surface area (Å²) in [4.78, 5) is 14.2. The fourth-order valence-corrected chi connectivity index (χ4v) is 5.47. The van der Waals surface area contributed by atoms with Crippen LogP contribution in [-0.2, 0) is 4.79 Å². The Labute approximate surface area is 137 Å². The topological polar surface area (TPSA) is 21.5 Å². The van der Waals surface area contributed by atoms with Crippen molar-refractivity contribution in [3.05, 3.63) is 0 Å². The minimum absolute atomic E-state index is 0.407. The van der Waals surface area contributed by atoms with Crippen LogP contribution in [0.3, 0.4) is 0 Å². The summed E-state index contributed by atoms with van der Waals surface area (Å²) in [5.41, 5.74) is 0. The highest BCUT2D eigenvalue weighted by atomic mass is 16.1. The molecule has 2 heteroatoms. The lowest BCUT2D eigenvalue weighted by atomic mass is 9.70. The quantitative estimate of drug-likeness (QED) is 0.846. The summed E-state index contributed by atoms with van der Waals surface area (Å²) in [6.45, 7) is 5.62. The molecule has 1 N–H and O–H groups in total. The van der Waals surface area contributed by atoms with Crippen molar-refractivity contribution in [2.24, 2.45) is 23.7 Å². The van der Waals surface area contributed by atoms with Gasteiger partial charge in [-0.15, -0.1) is 0 Å². The Morgan fingerprint density at radius 3 is 2.23 bits per heavy atom. The molecule has 2 nitrogen and oxygen atoms in total. The van der Waals surface area contributed by atoms with E-state index in [0.717, 1.165) is 24.3 Å². The molecule has 1 aliphatic heterocycles. The van der Waals surface area contributed by atoms with Gasteiger partial charge in [-0.3, -0.25) is 4.79 Å². The Kier molecular flexibility index (Phi) is 5.95. The van der Waals surface area contributed by atoms with Gasteiger partial charge in [0.2, 0.25) is 0 Å². The minimum atomic E-state index is 0.407. The lowest BCUT2D eigenvalue weighted by Crippen LogP contribution is -3.14. The van der Waals surface area contributed by atoms with Crippen LogP contribution in [0.5, 0.6) is 0 Å². The van der Waals surface area contributed by atoms with Crippen LogP contribution in [0.1, 0.15) is 77.6 Å². The number of likely N-dealkylation sites (tertiary alicyclic amines) is 1. The van der Waals surface area contributed by atoms with E-state index in [-0.39, 0.29) is 0 Å². The largest absolute Gasteiger partial charge is 0.329 e. The molecule has 0 bridgehead atoms. The highest BCUT2D eigenvalue weighted by Crippen LogP contribution is 2.39. The monoisotopic (exact) mass is 306 g/mol. The van der Waals surface area contributed by atoms with Crippen LogP contribution in [0.25, 0.3) is 0 Å². The van der Waals surface area contributed by atoms with Gasteiger partial charge in [-0.05, 0) is 50.4 Å². The average Bonchev–Trinajstić information content (AvgIpc) is 2.56. The van der Waals surface area contributed by atoms with E-state index in [9.17, 15) is 4.79 Å². The van der Waals surface area contributed by atoms with Crippen LogP contribution >= 0.6 is 0 Å². The van der Waals surface area contributed by atoms with Crippen molar-refractivity contribution in [2.45, 2.75) is 77.6 Å². The molecule has 126 valence electrons. The first-order valence-electron chi connectivity index (χ1n) is 10.1. The Hall–Kier alpha value is -0.370. The fourth-order valence-electron chi connectivity index (χ4n) is 5.47. The van der Waals surface area contributed by atoms with Gasteiger partial charge >= 0.3 is 0 Å². The number of carbonyl (C=O) groups is 1. The second-order valence-electron chi connectivity index (χ2n) is 8.60. The van der Waals surface area contributed by atoms with E-state index in [1.165, 1.54) is 83.7 Å². The van der Waals surface area contributed by atoms with Gasteiger partial charge in [0.1, 0.15) is 6.54 Å². The number of quaternary nitrogens is 1. The van der Waals surface area contributed by atoms with E-state index in [4.69, 9.17) is 0 Å². The van der Waals surface area contributed by atoms with Crippen molar-refractivity contribution in [1.82, 2.24) is 0 Å². The lowest BCUT2D eigenvalue weighted by molar-refractivity contribution is -0.900. The normalized spacial score (nSPS) is 37.9. The van der Waals surface area contributed by atoms with E-state index in [2.05, 4.69) is 6.92 Å². The first-order chi connectivity index (χ1) is 10.7. The van der Waals surface area contributed by atoms with Crippen molar-refractivity contribution >= 4 is 5.78 Å². The van der Waals surface area contributed by atoms with Gasteiger partial charge in [-0.1, -0.05) is 39.0 Å². The molecule has 0 aromatic rings. The number of hydrogen-bond donors (Lipinski definition) is 1. The molecule has 0 amide bonds. The Balaban J connectivity index is 1.41. The number of Topliss-reactive ketones (excluding diaryl/α,β-unsaturated/α-hetero) is 1. The minimum Gasteiger partial charge on any atom is -0.329 e. The molecule has 3 rings (SSSR count). The molecular formula is C20H36NO+. The van der Waals surface area contributed by atoms with E-state index in [1.807, 2.05) is 0 Å². The van der Waals surface area contributed by atoms with Crippen LogP contribution in [-0.4, -0.2) is 25.4 Å². The molecule has 2 aliphatic carbocycles. The molecule has 1 heterocycles. The number of ketones is 1. The maximum absolute atomic E-state index is 12.6. The summed E-state index contributed by atoms with van der Waals surface area (Å²) < 4.78 is 0. The van der Waals surface area contributed by atoms with Crippen LogP contribution in [0.15, 0.2) is 0 Å². The van der Waals surface area contributed by atoms with Crippen molar-refractivity contribution < 1.29 is 9.69 Å². The molecule has 3 aliphatic rings. The third-order valence-electron chi connectivity index (χ3n) is 6.83. The first-order valence-corrected chi connectivity index (χ1v) is 10.1. The third-order valence-corrected chi connectivity index (χ3v) is 6.83. The summed E-state index contributed by atoms with van der Waals surface area (Å²) in [6.07, 6.45) is 15.1. The maximum atomic E-state index is 12.6. The standard InChI is InChI=1S/C20H35NO/c1-16-6-5-13-21(14-16)15-20(22)19-11-9-18(10-12-19)17-7-3-2-4-8-17/h16-19H,2-15H2,1H3/p+1. The van der Waals surface area contributed by atoms with E-state index >= 15 is 0 Å². The predicted octanol–water partition coefficient (Wildman–Crippen LogP) is 3.26. The molecule has 2 unspecified atom stereocenters. The number of hydrogen-bond acceptors (Lipinski definition) is 1. The fraction of sp³-hybridized carbons (Fsp3) is 0.950. The summed E-state index contributed by atoms with van der Waals surface area (Å²) >= 11 is 0. The molecule has 0 radical (unpaired) electrons. The van der Waals surface area contributed by atoms with E-state index in [0.29, 0.717) is 11.7 Å². The molecule has 2 atom stereocenters. The molecule has 2 saturated carbocycles. The van der Waals surface area contributed by atoms with E-state index < -0.39 is 0 Å². The van der Waals surface area contributed by atoms with Crippen LogP contribution in [0, 0.1) is 23.7 Å². The number of carbonyl (C=O) groups excluding carboxylic acids is 1. The zero-order valence-corrected chi connectivity index (χ0v) is 14.6.